The van der Waals surface area contributed by atoms with Gasteiger partial charge >= 0.3 is 6.18 Å². The quantitative estimate of drug-likeness (QED) is 0.242. The highest BCUT2D eigenvalue weighted by Crippen LogP contribution is 2.33. The Morgan fingerprint density at radius 1 is 1.15 bits per heavy atom. The summed E-state index contributed by atoms with van der Waals surface area (Å²) < 4.78 is 48.2. The van der Waals surface area contributed by atoms with Crippen molar-refractivity contribution in [3.05, 3.63) is 107 Å². The van der Waals surface area contributed by atoms with Gasteiger partial charge in [-0.3, -0.25) is 0 Å². The van der Waals surface area contributed by atoms with Gasteiger partial charge in [0.2, 0.25) is 0 Å². The van der Waals surface area contributed by atoms with Crippen molar-refractivity contribution in [1.29, 1.82) is 5.26 Å². The number of methoxy groups -OCH3 is 1. The Morgan fingerprint density at radius 3 is 2.58 bits per heavy atom. The van der Waals surface area contributed by atoms with Gasteiger partial charge in [0.15, 0.2) is 16.6 Å². The number of phenols is 1. The molecule has 11 heteroatoms. The molecule has 7 nitrogen and oxygen atoms in total. The van der Waals surface area contributed by atoms with Gasteiger partial charge in [-0.1, -0.05) is 30.3 Å². The molecule has 0 aliphatic rings. The molecule has 40 heavy (non-hydrogen) atoms. The summed E-state index contributed by atoms with van der Waals surface area (Å²) in [4.78, 5) is 5.91. The maximum atomic E-state index is 13.7. The third-order valence-electron chi connectivity index (χ3n) is 6.27. The second-order valence-corrected chi connectivity index (χ2v) is 9.35. The average Bonchev–Trinajstić information content (AvgIpc) is 3.37. The number of rotatable bonds is 9. The van der Waals surface area contributed by atoms with Crippen molar-refractivity contribution < 1.29 is 23.0 Å². The molecule has 1 aromatic heterocycles. The summed E-state index contributed by atoms with van der Waals surface area (Å²) in [6.07, 6.45) is -0.671. The summed E-state index contributed by atoms with van der Waals surface area (Å²) in [7, 11) is 1.43. The Bertz CT molecular complexity index is 1510. The SMILES string of the molecule is COc1ccc(NC(=S)N(CCc2cncn2Cc2ccc(C#N)cc2)Cc2ccccc2C(F)(F)F)cc1O. The molecule has 1 heterocycles. The van der Waals surface area contributed by atoms with Crippen molar-refractivity contribution in [2.45, 2.75) is 25.7 Å². The van der Waals surface area contributed by atoms with Gasteiger partial charge in [0, 0.05) is 49.7 Å². The molecule has 0 aliphatic heterocycles. The normalized spacial score (nSPS) is 11.1. The molecule has 0 atom stereocenters. The fourth-order valence-electron chi connectivity index (χ4n) is 4.19. The maximum absolute atomic E-state index is 13.7. The summed E-state index contributed by atoms with van der Waals surface area (Å²) >= 11 is 5.63. The Hall–Kier alpha value is -4.56. The number of hydrogen-bond acceptors (Lipinski definition) is 5. The van der Waals surface area contributed by atoms with Crippen LogP contribution in [0.2, 0.25) is 0 Å². The average molecular weight is 566 g/mol. The van der Waals surface area contributed by atoms with Crippen LogP contribution in [0, 0.1) is 11.3 Å². The number of anilines is 1. The topological polar surface area (TPSA) is 86.3 Å². The third kappa shape index (κ3) is 7.09. The number of nitrogens with zero attached hydrogens (tertiary/aromatic N) is 4. The monoisotopic (exact) mass is 565 g/mol. The number of hydrogen-bond donors (Lipinski definition) is 2. The number of halogens is 3. The zero-order chi connectivity index (χ0) is 28.7. The lowest BCUT2D eigenvalue weighted by Crippen LogP contribution is -2.36. The maximum Gasteiger partial charge on any atom is 0.416 e. The molecular weight excluding hydrogens is 539 g/mol. The lowest BCUT2D eigenvalue weighted by atomic mass is 10.1. The first kappa shape index (κ1) is 28.4. The molecule has 0 bridgehead atoms. The molecule has 4 aromatic rings. The fraction of sp³-hybridized carbons (Fsp3) is 0.207. The molecule has 0 aliphatic carbocycles. The lowest BCUT2D eigenvalue weighted by Gasteiger charge is -2.27. The van der Waals surface area contributed by atoms with Crippen molar-refractivity contribution in [3.63, 3.8) is 0 Å². The van der Waals surface area contributed by atoms with Crippen LogP contribution in [0.4, 0.5) is 18.9 Å². The van der Waals surface area contributed by atoms with E-state index in [0.29, 0.717) is 30.8 Å². The Labute approximate surface area is 235 Å². The number of aromatic hydroxyl groups is 1. The van der Waals surface area contributed by atoms with Gasteiger partial charge in [-0.2, -0.15) is 18.4 Å². The van der Waals surface area contributed by atoms with E-state index in [9.17, 15) is 18.3 Å². The first-order valence-electron chi connectivity index (χ1n) is 12.2. The zero-order valence-electron chi connectivity index (χ0n) is 21.5. The number of alkyl halides is 3. The predicted molar refractivity (Wildman–Crippen MR) is 149 cm³/mol. The number of benzene rings is 3. The van der Waals surface area contributed by atoms with Gasteiger partial charge in [0.25, 0.3) is 0 Å². The zero-order valence-corrected chi connectivity index (χ0v) is 22.3. The van der Waals surface area contributed by atoms with Crippen molar-refractivity contribution in [2.75, 3.05) is 19.0 Å². The van der Waals surface area contributed by atoms with E-state index in [-0.39, 0.29) is 28.7 Å². The van der Waals surface area contributed by atoms with Crippen LogP contribution < -0.4 is 10.1 Å². The Kier molecular flexibility index (Phi) is 8.91. The number of imidazole rings is 1. The molecule has 2 N–H and O–H groups in total. The molecule has 0 spiro atoms. The number of nitrogens with one attached hydrogen (secondary N) is 1. The molecule has 0 unspecified atom stereocenters. The number of nitriles is 1. The third-order valence-corrected chi connectivity index (χ3v) is 6.63. The van der Waals surface area contributed by atoms with E-state index in [4.69, 9.17) is 22.2 Å². The van der Waals surface area contributed by atoms with Gasteiger partial charge in [-0.05, 0) is 53.7 Å². The van der Waals surface area contributed by atoms with Gasteiger partial charge in [-0.15, -0.1) is 0 Å². The van der Waals surface area contributed by atoms with Crippen molar-refractivity contribution in [2.24, 2.45) is 0 Å². The lowest BCUT2D eigenvalue weighted by molar-refractivity contribution is -0.138. The molecule has 4 rings (SSSR count). The van der Waals surface area contributed by atoms with Crippen LogP contribution >= 0.6 is 12.2 Å². The van der Waals surface area contributed by atoms with Gasteiger partial charge in [0.1, 0.15) is 0 Å². The second kappa shape index (κ2) is 12.5. The molecule has 0 radical (unpaired) electrons. The van der Waals surface area contributed by atoms with Gasteiger partial charge in [0.05, 0.1) is 30.6 Å². The summed E-state index contributed by atoms with van der Waals surface area (Å²) in [6.45, 7) is 0.721. The van der Waals surface area contributed by atoms with Gasteiger partial charge < -0.3 is 24.6 Å². The summed E-state index contributed by atoms with van der Waals surface area (Å²) in [5, 5.41) is 22.4. The number of thiocarbonyl (C=S) groups is 1. The first-order valence-corrected chi connectivity index (χ1v) is 12.6. The van der Waals surface area contributed by atoms with Crippen molar-refractivity contribution in [3.8, 4) is 17.6 Å². The molecule has 0 fully saturated rings. The van der Waals surface area contributed by atoms with Crippen LogP contribution in [0.5, 0.6) is 11.5 Å². The summed E-state index contributed by atoms with van der Waals surface area (Å²) in [6, 6.07) is 19.4. The van der Waals surface area contributed by atoms with E-state index in [1.165, 1.54) is 25.3 Å². The Morgan fingerprint density at radius 2 is 1.90 bits per heavy atom. The van der Waals surface area contributed by atoms with Crippen LogP contribution in [-0.2, 0) is 25.7 Å². The van der Waals surface area contributed by atoms with Crippen LogP contribution in [0.15, 0.2) is 79.3 Å². The molecule has 3 aromatic carbocycles. The minimum atomic E-state index is -4.52. The van der Waals surface area contributed by atoms with Crippen LogP contribution in [0.3, 0.4) is 0 Å². The number of ether oxygens (including phenoxy) is 1. The van der Waals surface area contributed by atoms with Crippen LogP contribution in [0.25, 0.3) is 0 Å². The smallest absolute Gasteiger partial charge is 0.416 e. The molecule has 206 valence electrons. The van der Waals surface area contributed by atoms with Crippen LogP contribution in [0.1, 0.15) is 27.9 Å². The van der Waals surface area contributed by atoms with Crippen molar-refractivity contribution in [1.82, 2.24) is 14.5 Å². The number of phenolic OH excluding ortho intramolecular Hbond substituents is 1. The largest absolute Gasteiger partial charge is 0.504 e. The summed E-state index contributed by atoms with van der Waals surface area (Å²) in [5.74, 6) is 0.180. The molecule has 0 amide bonds. The first-order chi connectivity index (χ1) is 19.2. The molecular formula is C29H26F3N5O2S. The predicted octanol–water partition coefficient (Wildman–Crippen LogP) is 5.98. The minimum absolute atomic E-state index is 0.0859. The highest BCUT2D eigenvalue weighted by Gasteiger charge is 2.33. The molecule has 0 saturated heterocycles. The highest BCUT2D eigenvalue weighted by molar-refractivity contribution is 7.80. The van der Waals surface area contributed by atoms with Crippen molar-refractivity contribution >= 4 is 23.0 Å². The summed E-state index contributed by atoms with van der Waals surface area (Å²) in [5.41, 5.74) is 2.23. The van der Waals surface area contributed by atoms with E-state index in [1.807, 2.05) is 16.7 Å². The molecule has 0 saturated carbocycles. The fourth-order valence-corrected chi connectivity index (χ4v) is 4.47. The minimum Gasteiger partial charge on any atom is -0.504 e. The van der Waals surface area contributed by atoms with E-state index in [1.54, 1.807) is 47.8 Å². The second-order valence-electron chi connectivity index (χ2n) is 8.96. The van der Waals surface area contributed by atoms with E-state index < -0.39 is 11.7 Å². The Balaban J connectivity index is 1.55. The van der Waals surface area contributed by atoms with E-state index in [0.717, 1.165) is 17.3 Å². The highest BCUT2D eigenvalue weighted by atomic mass is 32.1. The standard InChI is InChI=1S/C29H26F3N5O2S/c1-39-27-11-10-23(14-26(27)38)35-28(40)36(18-22-4-2-3-5-25(22)29(30,31)32)13-12-24-16-34-19-37(24)17-21-8-6-20(15-33)7-9-21/h2-11,14,16,19,38H,12-13,17-18H2,1H3,(H,35,40). The number of aromatic nitrogens is 2. The van der Waals surface area contributed by atoms with Gasteiger partial charge in [-0.25, -0.2) is 4.98 Å². The van der Waals surface area contributed by atoms with Crippen LogP contribution in [-0.4, -0.2) is 38.3 Å². The van der Waals surface area contributed by atoms with E-state index >= 15 is 0 Å². The van der Waals surface area contributed by atoms with E-state index in [2.05, 4.69) is 16.4 Å².